The molecule has 6 nitrogen and oxygen atoms in total. The topological polar surface area (TPSA) is 84.3 Å². The van der Waals surface area contributed by atoms with E-state index in [0.29, 0.717) is 24.4 Å². The van der Waals surface area contributed by atoms with Crippen molar-refractivity contribution in [3.8, 4) is 0 Å². The minimum absolute atomic E-state index is 0.0645. The Kier molecular flexibility index (Phi) is 6.30. The van der Waals surface area contributed by atoms with Gasteiger partial charge in [0, 0.05) is 25.2 Å². The van der Waals surface area contributed by atoms with Gasteiger partial charge < -0.3 is 10.6 Å². The summed E-state index contributed by atoms with van der Waals surface area (Å²) in [5.41, 5.74) is 1.54. The van der Waals surface area contributed by atoms with Crippen LogP contribution in [-0.2, 0) is 11.3 Å². The number of aryl methyl sites for hydroxylation is 1. The van der Waals surface area contributed by atoms with Crippen LogP contribution in [0.5, 0.6) is 0 Å². The molecule has 1 aromatic carbocycles. The van der Waals surface area contributed by atoms with E-state index in [1.807, 2.05) is 19.9 Å². The number of likely N-dealkylation sites (N-methyl/N-ethyl adjacent to an activating group) is 1. The molecule has 0 aliphatic heterocycles. The number of nitrogens with one attached hydrogen (secondary N) is 2. The highest BCUT2D eigenvalue weighted by molar-refractivity contribution is 5.81. The Morgan fingerprint density at radius 3 is 2.57 bits per heavy atom. The fourth-order valence-electron chi connectivity index (χ4n) is 2.13. The summed E-state index contributed by atoms with van der Waals surface area (Å²) < 4.78 is 0. The fourth-order valence-corrected chi connectivity index (χ4v) is 2.13. The van der Waals surface area contributed by atoms with Gasteiger partial charge in [0.2, 0.25) is 5.91 Å². The molecule has 2 N–H and O–H groups in total. The van der Waals surface area contributed by atoms with Gasteiger partial charge in [0.15, 0.2) is 0 Å². The molecule has 1 amide bonds. The first-order valence-corrected chi connectivity index (χ1v) is 7.04. The number of carbonyl (C=O) groups excluding carboxylic acids is 1. The Hall–Kier alpha value is -1.95. The van der Waals surface area contributed by atoms with Gasteiger partial charge in [0.25, 0.3) is 5.69 Å². The van der Waals surface area contributed by atoms with Gasteiger partial charge in [-0.3, -0.25) is 14.9 Å². The molecular weight excluding hydrogens is 270 g/mol. The molecule has 0 bridgehead atoms. The van der Waals surface area contributed by atoms with Gasteiger partial charge in [0.1, 0.15) is 0 Å². The molecule has 21 heavy (non-hydrogen) atoms. The fraction of sp³-hybridized carbons (Fsp3) is 0.533. The average molecular weight is 293 g/mol. The second-order valence-corrected chi connectivity index (χ2v) is 5.56. The predicted octanol–water partition coefficient (Wildman–Crippen LogP) is 2.15. The van der Waals surface area contributed by atoms with Crippen molar-refractivity contribution in [2.75, 3.05) is 7.05 Å². The van der Waals surface area contributed by atoms with Gasteiger partial charge in [-0.05, 0) is 24.8 Å². The normalized spacial score (nSPS) is 12.2. The summed E-state index contributed by atoms with van der Waals surface area (Å²) >= 11 is 0. The molecular formula is C15H23N3O3. The van der Waals surface area contributed by atoms with Crippen LogP contribution in [0.2, 0.25) is 0 Å². The number of amides is 1. The van der Waals surface area contributed by atoms with Crippen LogP contribution in [0.4, 0.5) is 5.69 Å². The minimum atomic E-state index is -0.386. The van der Waals surface area contributed by atoms with Gasteiger partial charge in [0.05, 0.1) is 11.0 Å². The van der Waals surface area contributed by atoms with Gasteiger partial charge in [-0.25, -0.2) is 0 Å². The summed E-state index contributed by atoms with van der Waals surface area (Å²) in [6.45, 7) is 6.23. The van der Waals surface area contributed by atoms with Gasteiger partial charge in [-0.15, -0.1) is 0 Å². The van der Waals surface area contributed by atoms with Crippen LogP contribution in [0.1, 0.15) is 31.4 Å². The molecule has 0 aliphatic carbocycles. The Bertz CT molecular complexity index is 515. The molecule has 0 aliphatic rings. The van der Waals surface area contributed by atoms with Crippen LogP contribution in [0.25, 0.3) is 0 Å². The van der Waals surface area contributed by atoms with Crippen molar-refractivity contribution in [2.24, 2.45) is 5.92 Å². The van der Waals surface area contributed by atoms with Gasteiger partial charge >= 0.3 is 0 Å². The van der Waals surface area contributed by atoms with Crippen molar-refractivity contribution in [3.05, 3.63) is 39.4 Å². The van der Waals surface area contributed by atoms with Crippen LogP contribution < -0.4 is 10.6 Å². The second kappa shape index (κ2) is 7.73. The standard InChI is InChI=1S/C15H23N3O3/c1-10(2)7-13(15(19)16-4)17-9-12-6-5-11(3)14(8-12)18(20)21/h5-6,8,10,13,17H,7,9H2,1-4H3,(H,16,19). The lowest BCUT2D eigenvalue weighted by atomic mass is 10.0. The van der Waals surface area contributed by atoms with Crippen molar-refractivity contribution in [1.82, 2.24) is 10.6 Å². The SMILES string of the molecule is CNC(=O)C(CC(C)C)NCc1ccc(C)c([N+](=O)[O-])c1. The molecule has 116 valence electrons. The first-order valence-electron chi connectivity index (χ1n) is 7.04. The number of rotatable bonds is 7. The quantitative estimate of drug-likeness (QED) is 0.596. The number of nitrogens with zero attached hydrogens (tertiary/aromatic N) is 1. The average Bonchev–Trinajstić information content (AvgIpc) is 2.43. The van der Waals surface area contributed by atoms with E-state index in [2.05, 4.69) is 10.6 Å². The van der Waals surface area contributed by atoms with Crippen molar-refractivity contribution < 1.29 is 9.72 Å². The van der Waals surface area contributed by atoms with Crippen LogP contribution in [0, 0.1) is 23.0 Å². The first-order chi connectivity index (χ1) is 9.85. The Labute approximate surface area is 125 Å². The number of benzene rings is 1. The third-order valence-electron chi connectivity index (χ3n) is 3.29. The largest absolute Gasteiger partial charge is 0.358 e. The van der Waals surface area contributed by atoms with E-state index in [4.69, 9.17) is 0 Å². The van der Waals surface area contributed by atoms with E-state index in [9.17, 15) is 14.9 Å². The third kappa shape index (κ3) is 5.15. The molecule has 1 atom stereocenters. The molecule has 0 saturated heterocycles. The number of carbonyl (C=O) groups is 1. The zero-order chi connectivity index (χ0) is 16.0. The lowest BCUT2D eigenvalue weighted by Crippen LogP contribution is -2.43. The molecule has 0 fully saturated rings. The van der Waals surface area contributed by atoms with Crippen LogP contribution >= 0.6 is 0 Å². The summed E-state index contributed by atoms with van der Waals surface area (Å²) in [5, 5.41) is 16.7. The number of nitro groups is 1. The van der Waals surface area contributed by atoms with E-state index in [1.165, 1.54) is 0 Å². The van der Waals surface area contributed by atoms with Crippen LogP contribution in [0.15, 0.2) is 18.2 Å². The lowest BCUT2D eigenvalue weighted by Gasteiger charge is -2.19. The minimum Gasteiger partial charge on any atom is -0.358 e. The molecule has 0 aromatic heterocycles. The number of hydrogen-bond acceptors (Lipinski definition) is 4. The Morgan fingerprint density at radius 2 is 2.05 bits per heavy atom. The third-order valence-corrected chi connectivity index (χ3v) is 3.29. The molecule has 0 radical (unpaired) electrons. The summed E-state index contributed by atoms with van der Waals surface area (Å²) in [7, 11) is 1.61. The Balaban J connectivity index is 2.78. The molecule has 1 unspecified atom stereocenters. The number of hydrogen-bond donors (Lipinski definition) is 2. The Morgan fingerprint density at radius 1 is 1.38 bits per heavy atom. The van der Waals surface area contributed by atoms with E-state index in [1.54, 1.807) is 26.1 Å². The molecule has 1 rings (SSSR count). The van der Waals surface area contributed by atoms with Crippen LogP contribution in [-0.4, -0.2) is 23.9 Å². The summed E-state index contributed by atoms with van der Waals surface area (Å²) in [6, 6.07) is 4.83. The molecule has 0 spiro atoms. The maximum absolute atomic E-state index is 11.8. The van der Waals surface area contributed by atoms with E-state index >= 15 is 0 Å². The van der Waals surface area contributed by atoms with Crippen LogP contribution in [0.3, 0.4) is 0 Å². The molecule has 6 heteroatoms. The van der Waals surface area contributed by atoms with Crippen molar-refractivity contribution >= 4 is 11.6 Å². The lowest BCUT2D eigenvalue weighted by molar-refractivity contribution is -0.385. The maximum atomic E-state index is 11.8. The highest BCUT2D eigenvalue weighted by Crippen LogP contribution is 2.19. The molecule has 0 saturated carbocycles. The smallest absolute Gasteiger partial charge is 0.272 e. The van der Waals surface area contributed by atoms with E-state index < -0.39 is 0 Å². The number of nitro benzene ring substituents is 1. The van der Waals surface area contributed by atoms with Crippen molar-refractivity contribution in [1.29, 1.82) is 0 Å². The van der Waals surface area contributed by atoms with E-state index in [0.717, 1.165) is 5.56 Å². The maximum Gasteiger partial charge on any atom is 0.272 e. The molecule has 1 aromatic rings. The van der Waals surface area contributed by atoms with Gasteiger partial charge in [-0.2, -0.15) is 0 Å². The summed E-state index contributed by atoms with van der Waals surface area (Å²) in [6.07, 6.45) is 0.716. The molecule has 0 heterocycles. The van der Waals surface area contributed by atoms with E-state index in [-0.39, 0.29) is 22.6 Å². The highest BCUT2D eigenvalue weighted by atomic mass is 16.6. The predicted molar refractivity (Wildman–Crippen MR) is 82.0 cm³/mol. The first kappa shape index (κ1) is 17.1. The summed E-state index contributed by atoms with van der Waals surface area (Å²) in [4.78, 5) is 22.4. The zero-order valence-corrected chi connectivity index (χ0v) is 13.0. The van der Waals surface area contributed by atoms with Gasteiger partial charge in [-0.1, -0.05) is 26.0 Å². The second-order valence-electron chi connectivity index (χ2n) is 5.56. The van der Waals surface area contributed by atoms with Crippen molar-refractivity contribution in [2.45, 2.75) is 39.8 Å². The zero-order valence-electron chi connectivity index (χ0n) is 13.0. The highest BCUT2D eigenvalue weighted by Gasteiger charge is 2.18. The summed E-state index contributed by atoms with van der Waals surface area (Å²) in [5.74, 6) is 0.317. The van der Waals surface area contributed by atoms with Crippen molar-refractivity contribution in [3.63, 3.8) is 0 Å². The monoisotopic (exact) mass is 293 g/mol.